The van der Waals surface area contributed by atoms with Gasteiger partial charge in [0.2, 0.25) is 5.91 Å². The van der Waals surface area contributed by atoms with Gasteiger partial charge in [0.05, 0.1) is 18.1 Å². The third-order valence-electron chi connectivity index (χ3n) is 3.38. The van der Waals surface area contributed by atoms with Gasteiger partial charge in [0, 0.05) is 31.5 Å². The van der Waals surface area contributed by atoms with E-state index in [2.05, 4.69) is 10.1 Å². The lowest BCUT2D eigenvalue weighted by Gasteiger charge is -2.19. The monoisotopic (exact) mass is 384 g/mol. The summed E-state index contributed by atoms with van der Waals surface area (Å²) < 4.78 is 1.62. The van der Waals surface area contributed by atoms with Gasteiger partial charge in [0.1, 0.15) is 5.69 Å². The molecule has 8 heteroatoms. The van der Waals surface area contributed by atoms with Crippen molar-refractivity contribution < 1.29 is 9.90 Å². The van der Waals surface area contributed by atoms with Gasteiger partial charge in [0.15, 0.2) is 5.15 Å². The molecule has 0 spiro atoms. The molecule has 2 heterocycles. The minimum atomic E-state index is 0. The molecule has 0 aromatic carbocycles. The second-order valence-electron chi connectivity index (χ2n) is 5.04. The molecule has 25 heavy (non-hydrogen) atoms. The highest BCUT2D eigenvalue weighted by Gasteiger charge is 2.20. The molecule has 0 atom stereocenters. The van der Waals surface area contributed by atoms with Gasteiger partial charge in [0.25, 0.3) is 0 Å². The molecule has 0 radical (unpaired) electrons. The van der Waals surface area contributed by atoms with Crippen LogP contribution in [0.4, 0.5) is 5.69 Å². The van der Waals surface area contributed by atoms with Crippen LogP contribution in [0, 0.1) is 0 Å². The maximum atomic E-state index is 12.5. The number of hydrogen-bond donors (Lipinski definition) is 1. The van der Waals surface area contributed by atoms with Crippen LogP contribution in [0.15, 0.2) is 30.7 Å². The summed E-state index contributed by atoms with van der Waals surface area (Å²) in [7, 11) is 0. The van der Waals surface area contributed by atoms with E-state index in [1.165, 1.54) is 0 Å². The molecule has 2 aromatic heterocycles. The Morgan fingerprint density at radius 2 is 2.24 bits per heavy atom. The molecule has 0 aliphatic rings. The number of aromatic nitrogens is 3. The van der Waals surface area contributed by atoms with Gasteiger partial charge < -0.3 is 10.0 Å². The summed E-state index contributed by atoms with van der Waals surface area (Å²) in [5.41, 5.74) is 1.39. The Morgan fingerprint density at radius 1 is 1.44 bits per heavy atom. The molecule has 0 aliphatic heterocycles. The van der Waals surface area contributed by atoms with Crippen molar-refractivity contribution in [2.75, 3.05) is 29.6 Å². The fraction of sp³-hybridized carbons (Fsp3) is 0.471. The molecule has 6 nitrogen and oxygen atoms in total. The second kappa shape index (κ2) is 11.1. The Hall–Kier alpha value is -1.57. The molecule has 138 valence electrons. The fourth-order valence-electron chi connectivity index (χ4n) is 2.19. The Kier molecular flexibility index (Phi) is 9.55. The quantitative estimate of drug-likeness (QED) is 0.671. The van der Waals surface area contributed by atoms with Gasteiger partial charge >= 0.3 is 0 Å². The molecule has 0 aliphatic carbocycles. The highest BCUT2D eigenvalue weighted by atomic mass is 35.5. The van der Waals surface area contributed by atoms with Gasteiger partial charge in [-0.15, -0.1) is 0 Å². The van der Waals surface area contributed by atoms with Gasteiger partial charge in [-0.25, -0.2) is 4.68 Å². The summed E-state index contributed by atoms with van der Waals surface area (Å²) in [5, 5.41) is 13.3. The van der Waals surface area contributed by atoms with Crippen LogP contribution in [0.2, 0.25) is 5.15 Å². The second-order valence-corrected chi connectivity index (χ2v) is 6.62. The number of rotatable bonds is 9. The van der Waals surface area contributed by atoms with E-state index in [1.807, 2.05) is 19.1 Å². The van der Waals surface area contributed by atoms with Gasteiger partial charge in [-0.05, 0) is 31.2 Å². The Labute approximate surface area is 158 Å². The first-order valence-corrected chi connectivity index (χ1v) is 9.35. The van der Waals surface area contributed by atoms with Crippen molar-refractivity contribution in [3.05, 3.63) is 35.9 Å². The van der Waals surface area contributed by atoms with E-state index < -0.39 is 0 Å². The van der Waals surface area contributed by atoms with E-state index in [0.717, 1.165) is 23.6 Å². The Morgan fingerprint density at radius 3 is 2.88 bits per heavy atom. The van der Waals surface area contributed by atoms with Crippen molar-refractivity contribution in [1.82, 2.24) is 14.8 Å². The zero-order valence-corrected chi connectivity index (χ0v) is 15.1. The number of aliphatic hydroxyl groups excluding tert-OH is 1. The van der Waals surface area contributed by atoms with Crippen molar-refractivity contribution in [2.45, 2.75) is 27.2 Å². The third kappa shape index (κ3) is 6.02. The first kappa shape index (κ1) is 21.5. The lowest BCUT2D eigenvalue weighted by Crippen LogP contribution is -2.30. The zero-order chi connectivity index (χ0) is 17.4. The molecular formula is C17H25ClN4O2S. The summed E-state index contributed by atoms with van der Waals surface area (Å²) in [5.74, 6) is 1.60. The van der Waals surface area contributed by atoms with Crippen LogP contribution in [0.5, 0.6) is 0 Å². The highest BCUT2D eigenvalue weighted by molar-refractivity contribution is 7.99. The van der Waals surface area contributed by atoms with Gasteiger partial charge in [-0.1, -0.05) is 19.0 Å². The summed E-state index contributed by atoms with van der Waals surface area (Å²) in [4.78, 5) is 18.2. The van der Waals surface area contributed by atoms with Crippen LogP contribution in [0.25, 0.3) is 5.69 Å². The van der Waals surface area contributed by atoms with Crippen LogP contribution in [0.1, 0.15) is 27.2 Å². The van der Waals surface area contributed by atoms with Crippen LogP contribution in [0.3, 0.4) is 0 Å². The number of nitrogens with zero attached hydrogens (tertiary/aromatic N) is 4. The van der Waals surface area contributed by atoms with Crippen LogP contribution in [-0.2, 0) is 4.79 Å². The lowest BCUT2D eigenvalue weighted by atomic mass is 10.3. The Balaban J connectivity index is 0.00000312. The predicted octanol–water partition coefficient (Wildman–Crippen LogP) is 3.42. The molecule has 0 saturated carbocycles. The van der Waals surface area contributed by atoms with E-state index in [1.54, 1.807) is 39.9 Å². The topological polar surface area (TPSA) is 71.2 Å². The molecule has 0 bridgehead atoms. The third-order valence-corrected chi connectivity index (χ3v) is 4.72. The molecular weight excluding hydrogens is 360 g/mol. The fourth-order valence-corrected chi connectivity index (χ4v) is 3.28. The van der Waals surface area contributed by atoms with Crippen LogP contribution >= 0.6 is 23.4 Å². The number of anilines is 1. The number of carbonyl (C=O) groups is 1. The number of aliphatic hydroxyl groups is 1. The number of pyridine rings is 1. The SMILES string of the molecule is C.CCN(C(=O)CCSCCCO)c1cn(-c2cccnc2)nc1Cl. The minimum absolute atomic E-state index is 0. The lowest BCUT2D eigenvalue weighted by molar-refractivity contribution is -0.118. The largest absolute Gasteiger partial charge is 0.396 e. The Bertz CT molecular complexity index is 651. The number of amides is 1. The molecule has 2 aromatic rings. The van der Waals surface area contributed by atoms with E-state index in [-0.39, 0.29) is 19.9 Å². The first-order valence-electron chi connectivity index (χ1n) is 7.82. The van der Waals surface area contributed by atoms with E-state index >= 15 is 0 Å². The summed E-state index contributed by atoms with van der Waals surface area (Å²) >= 11 is 7.90. The van der Waals surface area contributed by atoms with Gasteiger partial charge in [-0.3, -0.25) is 9.78 Å². The summed E-state index contributed by atoms with van der Waals surface area (Å²) in [6.45, 7) is 2.62. The number of halogens is 1. The maximum absolute atomic E-state index is 12.5. The highest BCUT2D eigenvalue weighted by Crippen LogP contribution is 2.26. The normalized spacial score (nSPS) is 10.4. The van der Waals surface area contributed by atoms with Crippen molar-refractivity contribution in [2.24, 2.45) is 0 Å². The standard InChI is InChI=1S/C16H21ClN4O2S.CH4/c1-2-20(15(23)6-10-24-9-4-8-22)14-12-21(19-16(14)17)13-5-3-7-18-11-13;/h3,5,7,11-12,22H,2,4,6,8-10H2,1H3;1H4. The van der Waals surface area contributed by atoms with Crippen molar-refractivity contribution >= 4 is 35.0 Å². The van der Waals surface area contributed by atoms with Crippen LogP contribution < -0.4 is 4.90 Å². The molecule has 0 fully saturated rings. The molecule has 1 amide bonds. The molecule has 0 saturated heterocycles. The van der Waals surface area contributed by atoms with Crippen molar-refractivity contribution in [3.63, 3.8) is 0 Å². The minimum Gasteiger partial charge on any atom is -0.396 e. The average molecular weight is 385 g/mol. The zero-order valence-electron chi connectivity index (χ0n) is 13.6. The summed E-state index contributed by atoms with van der Waals surface area (Å²) in [6.07, 6.45) is 6.30. The van der Waals surface area contributed by atoms with Crippen LogP contribution in [-0.4, -0.2) is 50.4 Å². The van der Waals surface area contributed by atoms with E-state index in [9.17, 15) is 4.79 Å². The number of hydrogen-bond acceptors (Lipinski definition) is 5. The summed E-state index contributed by atoms with van der Waals surface area (Å²) in [6, 6.07) is 3.69. The average Bonchev–Trinajstić information content (AvgIpc) is 2.98. The number of carbonyl (C=O) groups excluding carboxylic acids is 1. The van der Waals surface area contributed by atoms with E-state index in [4.69, 9.17) is 16.7 Å². The predicted molar refractivity (Wildman–Crippen MR) is 105 cm³/mol. The maximum Gasteiger partial charge on any atom is 0.227 e. The first-order chi connectivity index (χ1) is 11.7. The smallest absolute Gasteiger partial charge is 0.227 e. The van der Waals surface area contributed by atoms with Crippen molar-refractivity contribution in [3.8, 4) is 5.69 Å². The number of thioether (sulfide) groups is 1. The van der Waals surface area contributed by atoms with E-state index in [0.29, 0.717) is 23.8 Å². The molecule has 1 N–H and O–H groups in total. The molecule has 2 rings (SSSR count). The van der Waals surface area contributed by atoms with Gasteiger partial charge in [-0.2, -0.15) is 16.9 Å². The van der Waals surface area contributed by atoms with Crippen molar-refractivity contribution in [1.29, 1.82) is 0 Å². The molecule has 0 unspecified atom stereocenters.